The van der Waals surface area contributed by atoms with Crippen LogP contribution in [-0.2, 0) is 14.9 Å². The monoisotopic (exact) mass is 402 g/mol. The molecule has 1 unspecified atom stereocenters. The standard InChI is InChI=1S/C17H23BrN2O2.ClH/c18-14-5-3-13(4-6-14)17(7-1-2-8-17)12-20-16(21)15-11-19-9-10-22-15;/h3-6,15,19H,1-2,7-12H2,(H,20,21);1H. The number of nitrogens with one attached hydrogen (secondary N) is 2. The van der Waals surface area contributed by atoms with Crippen molar-refractivity contribution in [1.82, 2.24) is 10.6 Å². The molecule has 128 valence electrons. The van der Waals surface area contributed by atoms with Crippen LogP contribution in [0.4, 0.5) is 0 Å². The van der Waals surface area contributed by atoms with Gasteiger partial charge in [0, 0.05) is 29.5 Å². The third kappa shape index (κ3) is 4.47. The molecule has 0 bridgehead atoms. The number of hydrogen-bond acceptors (Lipinski definition) is 3. The largest absolute Gasteiger partial charge is 0.366 e. The van der Waals surface area contributed by atoms with Crippen LogP contribution in [0.15, 0.2) is 28.7 Å². The van der Waals surface area contributed by atoms with Crippen molar-refractivity contribution >= 4 is 34.2 Å². The van der Waals surface area contributed by atoms with Crippen molar-refractivity contribution in [3.8, 4) is 0 Å². The lowest BCUT2D eigenvalue weighted by Crippen LogP contribution is -2.50. The summed E-state index contributed by atoms with van der Waals surface area (Å²) >= 11 is 3.49. The second-order valence-electron chi connectivity index (χ2n) is 6.28. The van der Waals surface area contributed by atoms with Gasteiger partial charge in [-0.25, -0.2) is 0 Å². The van der Waals surface area contributed by atoms with Crippen LogP contribution in [0.2, 0.25) is 0 Å². The van der Waals surface area contributed by atoms with Gasteiger partial charge < -0.3 is 15.4 Å². The van der Waals surface area contributed by atoms with Gasteiger partial charge >= 0.3 is 0 Å². The zero-order valence-corrected chi connectivity index (χ0v) is 15.5. The minimum atomic E-state index is -0.350. The van der Waals surface area contributed by atoms with Crippen molar-refractivity contribution in [3.05, 3.63) is 34.3 Å². The molecular weight excluding hydrogens is 380 g/mol. The predicted octanol–water partition coefficient (Wildman–Crippen LogP) is 2.79. The average molecular weight is 404 g/mol. The second kappa shape index (κ2) is 8.47. The van der Waals surface area contributed by atoms with E-state index < -0.39 is 0 Å². The number of benzene rings is 1. The summed E-state index contributed by atoms with van der Waals surface area (Å²) in [5, 5.41) is 6.33. The zero-order valence-electron chi connectivity index (χ0n) is 13.1. The zero-order chi connectivity index (χ0) is 15.4. The Labute approximate surface area is 152 Å². The van der Waals surface area contributed by atoms with Crippen molar-refractivity contribution in [1.29, 1.82) is 0 Å². The van der Waals surface area contributed by atoms with Crippen LogP contribution < -0.4 is 10.6 Å². The average Bonchev–Trinajstić information content (AvgIpc) is 3.04. The molecule has 23 heavy (non-hydrogen) atoms. The van der Waals surface area contributed by atoms with Gasteiger partial charge in [-0.05, 0) is 30.5 Å². The molecule has 2 fully saturated rings. The first kappa shape index (κ1) is 18.7. The number of hydrogen-bond donors (Lipinski definition) is 2. The summed E-state index contributed by atoms with van der Waals surface area (Å²) in [5.74, 6) is 0.00980. The summed E-state index contributed by atoms with van der Waals surface area (Å²) in [4.78, 5) is 12.3. The number of carbonyl (C=O) groups excluding carboxylic acids is 1. The normalized spacial score (nSPS) is 23.1. The molecule has 2 N–H and O–H groups in total. The number of ether oxygens (including phenoxy) is 1. The van der Waals surface area contributed by atoms with Crippen LogP contribution in [0.1, 0.15) is 31.2 Å². The van der Waals surface area contributed by atoms with Gasteiger partial charge in [0.25, 0.3) is 0 Å². The molecule has 1 aliphatic carbocycles. The highest BCUT2D eigenvalue weighted by Crippen LogP contribution is 2.40. The lowest BCUT2D eigenvalue weighted by molar-refractivity contribution is -0.134. The molecule has 1 atom stereocenters. The molecule has 4 nitrogen and oxygen atoms in total. The van der Waals surface area contributed by atoms with Crippen LogP contribution in [0.25, 0.3) is 0 Å². The summed E-state index contributed by atoms with van der Waals surface area (Å²) in [6, 6.07) is 8.54. The van der Waals surface area contributed by atoms with Crippen LogP contribution in [-0.4, -0.2) is 38.3 Å². The third-order valence-corrected chi connectivity index (χ3v) is 5.37. The maximum atomic E-state index is 12.3. The third-order valence-electron chi connectivity index (χ3n) is 4.84. The summed E-state index contributed by atoms with van der Waals surface area (Å²) in [5.41, 5.74) is 1.41. The molecule has 2 aliphatic rings. The van der Waals surface area contributed by atoms with Crippen LogP contribution >= 0.6 is 28.3 Å². The molecule has 1 amide bonds. The Kier molecular flexibility index (Phi) is 6.89. The molecule has 6 heteroatoms. The summed E-state index contributed by atoms with van der Waals surface area (Å²) < 4.78 is 6.62. The summed E-state index contributed by atoms with van der Waals surface area (Å²) in [7, 11) is 0. The van der Waals surface area contributed by atoms with Gasteiger partial charge in [-0.1, -0.05) is 40.9 Å². The molecule has 0 radical (unpaired) electrons. The van der Waals surface area contributed by atoms with Crippen molar-refractivity contribution < 1.29 is 9.53 Å². The van der Waals surface area contributed by atoms with E-state index in [1.807, 2.05) is 0 Å². The van der Waals surface area contributed by atoms with Crippen molar-refractivity contribution in [3.63, 3.8) is 0 Å². The smallest absolute Gasteiger partial charge is 0.250 e. The van der Waals surface area contributed by atoms with Gasteiger partial charge in [-0.3, -0.25) is 4.79 Å². The minimum absolute atomic E-state index is 0. The van der Waals surface area contributed by atoms with E-state index in [0.29, 0.717) is 19.7 Å². The highest BCUT2D eigenvalue weighted by molar-refractivity contribution is 9.10. The Morgan fingerprint density at radius 1 is 1.30 bits per heavy atom. The van der Waals surface area contributed by atoms with Gasteiger partial charge in [0.1, 0.15) is 6.10 Å². The second-order valence-corrected chi connectivity index (χ2v) is 7.19. The Morgan fingerprint density at radius 3 is 2.61 bits per heavy atom. The van der Waals surface area contributed by atoms with Gasteiger partial charge in [0.2, 0.25) is 5.91 Å². The Balaban J connectivity index is 0.00000192. The van der Waals surface area contributed by atoms with Crippen molar-refractivity contribution in [2.24, 2.45) is 0 Å². The number of morpholine rings is 1. The molecule has 1 heterocycles. The molecule has 1 aliphatic heterocycles. The van der Waals surface area contributed by atoms with Crippen molar-refractivity contribution in [2.75, 3.05) is 26.2 Å². The van der Waals surface area contributed by atoms with E-state index in [9.17, 15) is 4.79 Å². The topological polar surface area (TPSA) is 50.4 Å². The Morgan fingerprint density at radius 2 is 2.00 bits per heavy atom. The lowest BCUT2D eigenvalue weighted by Gasteiger charge is -2.31. The molecule has 3 rings (SSSR count). The molecule has 1 saturated carbocycles. The lowest BCUT2D eigenvalue weighted by atomic mass is 9.79. The minimum Gasteiger partial charge on any atom is -0.366 e. The van der Waals surface area contributed by atoms with Crippen molar-refractivity contribution in [2.45, 2.75) is 37.2 Å². The predicted molar refractivity (Wildman–Crippen MR) is 97.2 cm³/mol. The highest BCUT2D eigenvalue weighted by atomic mass is 79.9. The first-order valence-corrected chi connectivity index (χ1v) is 8.85. The van der Waals surface area contributed by atoms with E-state index >= 15 is 0 Å². The fraction of sp³-hybridized carbons (Fsp3) is 0.588. The molecule has 1 saturated heterocycles. The molecule has 0 aromatic heterocycles. The Hall–Kier alpha value is -0.620. The van der Waals surface area contributed by atoms with Gasteiger partial charge in [-0.2, -0.15) is 0 Å². The first-order valence-electron chi connectivity index (χ1n) is 8.06. The van der Waals surface area contributed by atoms with Crippen LogP contribution in [0.5, 0.6) is 0 Å². The molecule has 1 aromatic rings. The van der Waals surface area contributed by atoms with E-state index in [0.717, 1.165) is 23.9 Å². The summed E-state index contributed by atoms with van der Waals surface area (Å²) in [6.45, 7) is 2.74. The quantitative estimate of drug-likeness (QED) is 0.813. The van der Waals surface area contributed by atoms with E-state index in [2.05, 4.69) is 50.8 Å². The van der Waals surface area contributed by atoms with E-state index in [-0.39, 0.29) is 29.8 Å². The molecule has 0 spiro atoms. The maximum absolute atomic E-state index is 12.3. The highest BCUT2D eigenvalue weighted by Gasteiger charge is 2.36. The first-order chi connectivity index (χ1) is 10.7. The Bertz CT molecular complexity index is 512. The fourth-order valence-corrected chi connectivity index (χ4v) is 3.79. The number of amides is 1. The van der Waals surface area contributed by atoms with Gasteiger partial charge in [0.05, 0.1) is 6.61 Å². The van der Waals surface area contributed by atoms with Gasteiger partial charge in [-0.15, -0.1) is 12.4 Å². The van der Waals surface area contributed by atoms with Gasteiger partial charge in [0.15, 0.2) is 0 Å². The number of rotatable bonds is 4. The maximum Gasteiger partial charge on any atom is 0.250 e. The SMILES string of the molecule is Cl.O=C(NCC1(c2ccc(Br)cc2)CCCC1)C1CNCCO1. The van der Waals surface area contributed by atoms with Crippen LogP contribution in [0.3, 0.4) is 0 Å². The van der Waals surface area contributed by atoms with E-state index in [1.165, 1.54) is 18.4 Å². The number of halogens is 2. The number of carbonyl (C=O) groups is 1. The van der Waals surface area contributed by atoms with E-state index in [4.69, 9.17) is 4.74 Å². The van der Waals surface area contributed by atoms with Crippen LogP contribution in [0, 0.1) is 0 Å². The van der Waals surface area contributed by atoms with E-state index in [1.54, 1.807) is 0 Å². The summed E-state index contributed by atoms with van der Waals surface area (Å²) in [6.07, 6.45) is 4.38. The molecule has 1 aromatic carbocycles. The molecular formula is C17H24BrClN2O2. The fourth-order valence-electron chi connectivity index (χ4n) is 3.53.